The Morgan fingerprint density at radius 3 is 2.65 bits per heavy atom. The molecule has 1 aromatic carbocycles. The zero-order valence-corrected chi connectivity index (χ0v) is 10.4. The topological polar surface area (TPSA) is 40.5 Å². The Bertz CT molecular complexity index is 413. The summed E-state index contributed by atoms with van der Waals surface area (Å²) in [5, 5.41) is 9.32. The molecule has 1 atom stereocenters. The van der Waals surface area contributed by atoms with Gasteiger partial charge >= 0.3 is 5.97 Å². The Kier molecular flexibility index (Phi) is 3.20. The molecule has 1 N–H and O–H groups in total. The van der Waals surface area contributed by atoms with Gasteiger partial charge in [0.2, 0.25) is 0 Å². The number of carboxylic acid groups (broad SMARTS) is 1. The molecule has 1 aliphatic heterocycles. The predicted molar refractivity (Wildman–Crippen MR) is 66.9 cm³/mol. The van der Waals surface area contributed by atoms with Crippen LogP contribution in [0.1, 0.15) is 30.9 Å². The van der Waals surface area contributed by atoms with E-state index in [4.69, 9.17) is 0 Å². The first-order valence-corrected chi connectivity index (χ1v) is 6.06. The Balaban J connectivity index is 2.13. The van der Waals surface area contributed by atoms with Crippen LogP contribution < -0.4 is 0 Å². The van der Waals surface area contributed by atoms with Crippen LogP contribution in [0, 0.1) is 6.92 Å². The molecule has 92 valence electrons. The monoisotopic (exact) mass is 233 g/mol. The van der Waals surface area contributed by atoms with Crippen LogP contribution in [0.15, 0.2) is 24.3 Å². The molecule has 0 bridgehead atoms. The van der Waals surface area contributed by atoms with Crippen molar-refractivity contribution in [2.75, 3.05) is 6.54 Å². The van der Waals surface area contributed by atoms with E-state index in [0.29, 0.717) is 0 Å². The van der Waals surface area contributed by atoms with Gasteiger partial charge in [0.15, 0.2) is 0 Å². The standard InChI is InChI=1S/C14H19NO2/c1-11-4-6-12(7-5-11)10-15-9-3-8-14(15,2)13(16)17/h4-7H,3,8-10H2,1-2H3,(H,16,17). The molecule has 1 heterocycles. The lowest BCUT2D eigenvalue weighted by Gasteiger charge is -2.31. The molecule has 1 fully saturated rings. The Morgan fingerprint density at radius 1 is 1.41 bits per heavy atom. The molecule has 0 aliphatic carbocycles. The zero-order chi connectivity index (χ0) is 12.5. The van der Waals surface area contributed by atoms with Crippen LogP contribution in [-0.4, -0.2) is 28.1 Å². The van der Waals surface area contributed by atoms with Crippen molar-refractivity contribution in [3.05, 3.63) is 35.4 Å². The summed E-state index contributed by atoms with van der Waals surface area (Å²) in [6.45, 7) is 5.48. The van der Waals surface area contributed by atoms with Crippen molar-refractivity contribution in [3.63, 3.8) is 0 Å². The summed E-state index contributed by atoms with van der Waals surface area (Å²) in [5.74, 6) is -0.706. The third-order valence-electron chi connectivity index (χ3n) is 3.74. The van der Waals surface area contributed by atoms with E-state index >= 15 is 0 Å². The summed E-state index contributed by atoms with van der Waals surface area (Å²) in [4.78, 5) is 13.4. The summed E-state index contributed by atoms with van der Waals surface area (Å²) in [5.41, 5.74) is 1.73. The highest BCUT2D eigenvalue weighted by molar-refractivity contribution is 5.78. The van der Waals surface area contributed by atoms with Gasteiger partial charge < -0.3 is 5.11 Å². The first-order valence-electron chi connectivity index (χ1n) is 6.06. The molecule has 0 amide bonds. The Morgan fingerprint density at radius 2 is 2.06 bits per heavy atom. The maximum atomic E-state index is 11.3. The minimum Gasteiger partial charge on any atom is -0.480 e. The Labute approximate surface area is 102 Å². The van der Waals surface area contributed by atoms with Gasteiger partial charge in [-0.05, 0) is 38.8 Å². The number of likely N-dealkylation sites (tertiary alicyclic amines) is 1. The van der Waals surface area contributed by atoms with Gasteiger partial charge in [0.05, 0.1) is 0 Å². The third-order valence-corrected chi connectivity index (χ3v) is 3.74. The second kappa shape index (κ2) is 4.49. The van der Waals surface area contributed by atoms with Gasteiger partial charge in [0.25, 0.3) is 0 Å². The molecular formula is C14H19NO2. The van der Waals surface area contributed by atoms with Crippen LogP contribution in [0.5, 0.6) is 0 Å². The molecule has 1 aliphatic rings. The number of carbonyl (C=O) groups is 1. The van der Waals surface area contributed by atoms with Gasteiger partial charge in [0, 0.05) is 6.54 Å². The van der Waals surface area contributed by atoms with Gasteiger partial charge in [-0.15, -0.1) is 0 Å². The Hall–Kier alpha value is -1.35. The number of hydrogen-bond acceptors (Lipinski definition) is 2. The number of hydrogen-bond donors (Lipinski definition) is 1. The molecule has 2 rings (SSSR count). The van der Waals surface area contributed by atoms with Gasteiger partial charge in [-0.2, -0.15) is 0 Å². The van der Waals surface area contributed by atoms with E-state index in [1.54, 1.807) is 0 Å². The largest absolute Gasteiger partial charge is 0.480 e. The molecule has 0 radical (unpaired) electrons. The van der Waals surface area contributed by atoms with Crippen LogP contribution in [0.25, 0.3) is 0 Å². The predicted octanol–water partition coefficient (Wildman–Crippen LogP) is 2.43. The number of carboxylic acids is 1. The third kappa shape index (κ3) is 2.34. The first kappa shape index (κ1) is 12.1. The molecule has 17 heavy (non-hydrogen) atoms. The maximum Gasteiger partial charge on any atom is 0.323 e. The van der Waals surface area contributed by atoms with Gasteiger partial charge in [-0.1, -0.05) is 29.8 Å². The molecular weight excluding hydrogens is 214 g/mol. The fraction of sp³-hybridized carbons (Fsp3) is 0.500. The van der Waals surface area contributed by atoms with Crippen molar-refractivity contribution in [1.82, 2.24) is 4.90 Å². The van der Waals surface area contributed by atoms with E-state index in [2.05, 4.69) is 36.1 Å². The maximum absolute atomic E-state index is 11.3. The highest BCUT2D eigenvalue weighted by atomic mass is 16.4. The smallest absolute Gasteiger partial charge is 0.323 e. The van der Waals surface area contributed by atoms with Gasteiger partial charge in [0.1, 0.15) is 5.54 Å². The lowest BCUT2D eigenvalue weighted by Crippen LogP contribution is -2.47. The summed E-state index contributed by atoms with van der Waals surface area (Å²) < 4.78 is 0. The minimum atomic E-state index is -0.706. The second-order valence-electron chi connectivity index (χ2n) is 5.09. The van der Waals surface area contributed by atoms with E-state index in [-0.39, 0.29) is 0 Å². The molecule has 1 saturated heterocycles. The van der Waals surface area contributed by atoms with Crippen LogP contribution in [-0.2, 0) is 11.3 Å². The van der Waals surface area contributed by atoms with E-state index in [1.807, 2.05) is 6.92 Å². The van der Waals surface area contributed by atoms with Gasteiger partial charge in [-0.3, -0.25) is 9.69 Å². The lowest BCUT2D eigenvalue weighted by atomic mass is 9.99. The van der Waals surface area contributed by atoms with Crippen molar-refractivity contribution in [1.29, 1.82) is 0 Å². The van der Waals surface area contributed by atoms with Crippen LogP contribution >= 0.6 is 0 Å². The van der Waals surface area contributed by atoms with Crippen molar-refractivity contribution in [2.45, 2.75) is 38.8 Å². The molecule has 0 saturated carbocycles. The normalized spacial score (nSPS) is 25.1. The molecule has 0 spiro atoms. The number of rotatable bonds is 3. The summed E-state index contributed by atoms with van der Waals surface area (Å²) in [6, 6.07) is 8.30. The van der Waals surface area contributed by atoms with Crippen molar-refractivity contribution in [2.24, 2.45) is 0 Å². The summed E-state index contributed by atoms with van der Waals surface area (Å²) in [6.07, 6.45) is 1.71. The lowest BCUT2D eigenvalue weighted by molar-refractivity contribution is -0.148. The second-order valence-corrected chi connectivity index (χ2v) is 5.09. The molecule has 1 aromatic rings. The van der Waals surface area contributed by atoms with Crippen molar-refractivity contribution >= 4 is 5.97 Å². The average Bonchev–Trinajstić information content (AvgIpc) is 2.65. The molecule has 0 aromatic heterocycles. The SMILES string of the molecule is Cc1ccc(CN2CCCC2(C)C(=O)O)cc1. The zero-order valence-electron chi connectivity index (χ0n) is 10.4. The average molecular weight is 233 g/mol. The van der Waals surface area contributed by atoms with Crippen molar-refractivity contribution in [3.8, 4) is 0 Å². The van der Waals surface area contributed by atoms with Crippen LogP contribution in [0.3, 0.4) is 0 Å². The molecule has 1 unspecified atom stereocenters. The quantitative estimate of drug-likeness (QED) is 0.871. The van der Waals surface area contributed by atoms with Crippen molar-refractivity contribution < 1.29 is 9.90 Å². The van der Waals surface area contributed by atoms with Gasteiger partial charge in [-0.25, -0.2) is 0 Å². The minimum absolute atomic E-state index is 0.690. The van der Waals surface area contributed by atoms with E-state index in [1.165, 1.54) is 11.1 Å². The number of benzene rings is 1. The van der Waals surface area contributed by atoms with Crippen LogP contribution in [0.4, 0.5) is 0 Å². The van der Waals surface area contributed by atoms with E-state index in [9.17, 15) is 9.90 Å². The first-order chi connectivity index (χ1) is 8.02. The number of nitrogens with zero attached hydrogens (tertiary/aromatic N) is 1. The van der Waals surface area contributed by atoms with E-state index < -0.39 is 11.5 Å². The fourth-order valence-corrected chi connectivity index (χ4v) is 2.43. The summed E-state index contributed by atoms with van der Waals surface area (Å²) in [7, 11) is 0. The van der Waals surface area contributed by atoms with Crippen LogP contribution in [0.2, 0.25) is 0 Å². The highest BCUT2D eigenvalue weighted by Gasteiger charge is 2.42. The highest BCUT2D eigenvalue weighted by Crippen LogP contribution is 2.30. The molecule has 3 nitrogen and oxygen atoms in total. The number of aryl methyl sites for hydroxylation is 1. The summed E-state index contributed by atoms with van der Waals surface area (Å²) >= 11 is 0. The van der Waals surface area contributed by atoms with E-state index in [0.717, 1.165) is 25.9 Å². The number of aliphatic carboxylic acids is 1. The molecule has 3 heteroatoms. The fourth-order valence-electron chi connectivity index (χ4n) is 2.43.